The molecule has 1 aliphatic carbocycles. The number of hydrogen-bond donors (Lipinski definition) is 1. The molecule has 1 aliphatic rings. The SMILES string of the molecule is CO[C@@H]1CCCC[C@H]1[NH2+]c1ccccc1. The fraction of sp³-hybridized carbons (Fsp3) is 0.538. The Kier molecular flexibility index (Phi) is 3.75. The molecule has 2 N–H and O–H groups in total. The smallest absolute Gasteiger partial charge is 0.129 e. The third kappa shape index (κ3) is 2.80. The van der Waals surface area contributed by atoms with Crippen molar-refractivity contribution >= 4 is 5.69 Å². The topological polar surface area (TPSA) is 25.8 Å². The molecule has 0 heterocycles. The molecular formula is C13H20NO+. The first-order valence-electron chi connectivity index (χ1n) is 5.83. The first-order valence-corrected chi connectivity index (χ1v) is 5.83. The van der Waals surface area contributed by atoms with E-state index in [0.29, 0.717) is 12.1 Å². The Hall–Kier alpha value is -0.860. The maximum atomic E-state index is 5.54. The Balaban J connectivity index is 1.97. The number of benzene rings is 1. The van der Waals surface area contributed by atoms with E-state index in [1.165, 1.54) is 31.4 Å². The maximum absolute atomic E-state index is 5.54. The molecule has 1 fully saturated rings. The van der Waals surface area contributed by atoms with E-state index in [2.05, 4.69) is 35.6 Å². The first kappa shape index (κ1) is 10.7. The molecular weight excluding hydrogens is 186 g/mol. The first-order chi connectivity index (χ1) is 7.40. The van der Waals surface area contributed by atoms with Crippen molar-refractivity contribution in [2.45, 2.75) is 37.8 Å². The van der Waals surface area contributed by atoms with Crippen LogP contribution in [0.5, 0.6) is 0 Å². The van der Waals surface area contributed by atoms with Gasteiger partial charge in [0.15, 0.2) is 0 Å². The molecule has 0 saturated heterocycles. The minimum Gasteiger partial charge on any atom is -0.375 e. The minimum absolute atomic E-state index is 0.430. The molecule has 0 radical (unpaired) electrons. The molecule has 0 spiro atoms. The highest BCUT2D eigenvalue weighted by molar-refractivity contribution is 5.27. The molecule has 1 aromatic carbocycles. The maximum Gasteiger partial charge on any atom is 0.129 e. The van der Waals surface area contributed by atoms with Gasteiger partial charge in [-0.3, -0.25) is 0 Å². The molecule has 82 valence electrons. The molecule has 2 heteroatoms. The summed E-state index contributed by atoms with van der Waals surface area (Å²) >= 11 is 0. The predicted octanol–water partition coefficient (Wildman–Crippen LogP) is 1.84. The van der Waals surface area contributed by atoms with Crippen molar-refractivity contribution in [2.24, 2.45) is 0 Å². The van der Waals surface area contributed by atoms with E-state index in [1.807, 2.05) is 7.11 Å². The summed E-state index contributed by atoms with van der Waals surface area (Å²) in [5, 5.41) is 2.37. The van der Waals surface area contributed by atoms with Gasteiger partial charge in [-0.05, 0) is 25.0 Å². The normalized spacial score (nSPS) is 26.5. The van der Waals surface area contributed by atoms with Crippen molar-refractivity contribution in [2.75, 3.05) is 7.11 Å². The van der Waals surface area contributed by atoms with Crippen LogP contribution >= 0.6 is 0 Å². The molecule has 0 unspecified atom stereocenters. The van der Waals surface area contributed by atoms with Gasteiger partial charge >= 0.3 is 0 Å². The Morgan fingerprint density at radius 2 is 1.87 bits per heavy atom. The van der Waals surface area contributed by atoms with E-state index < -0.39 is 0 Å². The van der Waals surface area contributed by atoms with Crippen molar-refractivity contribution in [1.29, 1.82) is 0 Å². The van der Waals surface area contributed by atoms with Crippen LogP contribution in [0.25, 0.3) is 0 Å². The summed E-state index contributed by atoms with van der Waals surface area (Å²) < 4.78 is 5.54. The third-order valence-corrected chi connectivity index (χ3v) is 3.26. The van der Waals surface area contributed by atoms with Crippen molar-refractivity contribution in [3.05, 3.63) is 30.3 Å². The fourth-order valence-corrected chi connectivity index (χ4v) is 2.42. The van der Waals surface area contributed by atoms with Crippen molar-refractivity contribution in [3.63, 3.8) is 0 Å². The van der Waals surface area contributed by atoms with Gasteiger partial charge in [0.05, 0.1) is 0 Å². The van der Waals surface area contributed by atoms with Gasteiger partial charge in [-0.1, -0.05) is 24.6 Å². The van der Waals surface area contributed by atoms with Crippen molar-refractivity contribution in [1.82, 2.24) is 0 Å². The summed E-state index contributed by atoms with van der Waals surface area (Å²) in [6.45, 7) is 0. The van der Waals surface area contributed by atoms with Crippen LogP contribution in [-0.4, -0.2) is 19.3 Å². The highest BCUT2D eigenvalue weighted by Crippen LogP contribution is 2.19. The molecule has 15 heavy (non-hydrogen) atoms. The van der Waals surface area contributed by atoms with Crippen LogP contribution in [-0.2, 0) is 4.74 Å². The van der Waals surface area contributed by atoms with Crippen molar-refractivity contribution < 1.29 is 10.1 Å². The van der Waals surface area contributed by atoms with Crippen LogP contribution in [0.4, 0.5) is 5.69 Å². The fourth-order valence-electron chi connectivity index (χ4n) is 2.42. The van der Waals surface area contributed by atoms with Gasteiger partial charge in [0.2, 0.25) is 0 Å². The van der Waals surface area contributed by atoms with Crippen LogP contribution in [0.3, 0.4) is 0 Å². The number of hydrogen-bond acceptors (Lipinski definition) is 1. The molecule has 1 saturated carbocycles. The van der Waals surface area contributed by atoms with Gasteiger partial charge in [-0.15, -0.1) is 0 Å². The highest BCUT2D eigenvalue weighted by Gasteiger charge is 2.27. The molecule has 2 atom stereocenters. The molecule has 0 aliphatic heterocycles. The molecule has 1 aromatic rings. The zero-order chi connectivity index (χ0) is 10.5. The minimum atomic E-state index is 0.430. The average molecular weight is 206 g/mol. The zero-order valence-corrected chi connectivity index (χ0v) is 9.36. The molecule has 2 rings (SSSR count). The predicted molar refractivity (Wildman–Crippen MR) is 61.1 cm³/mol. The van der Waals surface area contributed by atoms with Crippen molar-refractivity contribution in [3.8, 4) is 0 Å². The summed E-state index contributed by atoms with van der Waals surface area (Å²) in [6.07, 6.45) is 5.57. The Morgan fingerprint density at radius 3 is 2.60 bits per heavy atom. The third-order valence-electron chi connectivity index (χ3n) is 3.26. The molecule has 0 amide bonds. The van der Waals surface area contributed by atoms with Gasteiger partial charge in [0, 0.05) is 13.5 Å². The van der Waals surface area contributed by atoms with E-state index in [0.717, 1.165) is 0 Å². The van der Waals surface area contributed by atoms with Gasteiger partial charge in [0.1, 0.15) is 17.8 Å². The lowest BCUT2D eigenvalue weighted by molar-refractivity contribution is -0.623. The Morgan fingerprint density at radius 1 is 1.13 bits per heavy atom. The number of rotatable bonds is 3. The summed E-state index contributed by atoms with van der Waals surface area (Å²) in [5.41, 5.74) is 1.33. The molecule has 0 bridgehead atoms. The highest BCUT2D eigenvalue weighted by atomic mass is 16.5. The lowest BCUT2D eigenvalue weighted by atomic mass is 9.92. The van der Waals surface area contributed by atoms with E-state index >= 15 is 0 Å². The second-order valence-corrected chi connectivity index (χ2v) is 4.30. The standard InChI is InChI=1S/C13H19NO/c1-15-13-10-6-5-9-12(13)14-11-7-3-2-4-8-11/h2-4,7-8,12-14H,5-6,9-10H2,1H3/p+1/t12-,13-/m1/s1. The molecule has 2 nitrogen and oxygen atoms in total. The number of para-hydroxylation sites is 1. The number of ether oxygens (including phenoxy) is 1. The van der Waals surface area contributed by atoms with Crippen LogP contribution in [0.1, 0.15) is 25.7 Å². The van der Waals surface area contributed by atoms with E-state index in [1.54, 1.807) is 0 Å². The van der Waals surface area contributed by atoms with Gasteiger partial charge in [-0.2, -0.15) is 0 Å². The van der Waals surface area contributed by atoms with Crippen LogP contribution < -0.4 is 5.32 Å². The average Bonchev–Trinajstić information content (AvgIpc) is 2.31. The summed E-state index contributed by atoms with van der Waals surface area (Å²) in [4.78, 5) is 0. The van der Waals surface area contributed by atoms with Crippen LogP contribution in [0.2, 0.25) is 0 Å². The van der Waals surface area contributed by atoms with Gasteiger partial charge in [0.25, 0.3) is 0 Å². The van der Waals surface area contributed by atoms with Gasteiger partial charge < -0.3 is 10.1 Å². The Bertz CT molecular complexity index is 286. The van der Waals surface area contributed by atoms with Crippen LogP contribution in [0.15, 0.2) is 30.3 Å². The quantitative estimate of drug-likeness (QED) is 0.750. The summed E-state index contributed by atoms with van der Waals surface area (Å²) in [6, 6.07) is 11.2. The number of methoxy groups -OCH3 is 1. The number of nitrogens with two attached hydrogens (primary N) is 1. The lowest BCUT2D eigenvalue weighted by Crippen LogP contribution is -2.87. The second-order valence-electron chi connectivity index (χ2n) is 4.30. The van der Waals surface area contributed by atoms with E-state index in [4.69, 9.17) is 4.74 Å². The second kappa shape index (κ2) is 5.29. The summed E-state index contributed by atoms with van der Waals surface area (Å²) in [5.74, 6) is 0. The monoisotopic (exact) mass is 206 g/mol. The summed E-state index contributed by atoms with van der Waals surface area (Å²) in [7, 11) is 1.84. The lowest BCUT2D eigenvalue weighted by Gasteiger charge is -2.28. The molecule has 0 aromatic heterocycles. The number of quaternary nitrogens is 1. The van der Waals surface area contributed by atoms with Crippen LogP contribution in [0, 0.1) is 0 Å². The van der Waals surface area contributed by atoms with Gasteiger partial charge in [-0.25, -0.2) is 0 Å². The van der Waals surface area contributed by atoms with E-state index in [9.17, 15) is 0 Å². The zero-order valence-electron chi connectivity index (χ0n) is 9.36. The Labute approximate surface area is 91.6 Å². The largest absolute Gasteiger partial charge is 0.375 e. The van der Waals surface area contributed by atoms with E-state index in [-0.39, 0.29) is 0 Å².